The van der Waals surface area contributed by atoms with Gasteiger partial charge in [-0.15, -0.1) is 0 Å². The fourth-order valence-corrected chi connectivity index (χ4v) is 4.85. The number of sulfone groups is 1. The highest BCUT2D eigenvalue weighted by atomic mass is 35.5. The topological polar surface area (TPSA) is 66.5 Å². The van der Waals surface area contributed by atoms with Gasteiger partial charge in [-0.3, -0.25) is 4.79 Å². The van der Waals surface area contributed by atoms with Gasteiger partial charge in [0.05, 0.1) is 27.2 Å². The molecule has 1 heterocycles. The van der Waals surface area contributed by atoms with Crippen molar-refractivity contribution in [1.29, 1.82) is 0 Å². The lowest BCUT2D eigenvalue weighted by Crippen LogP contribution is -2.41. The first-order valence-corrected chi connectivity index (χ1v) is 10.1. The second-order valence-electron chi connectivity index (χ2n) is 5.51. The Balaban J connectivity index is 1.89. The van der Waals surface area contributed by atoms with Gasteiger partial charge < -0.3 is 10.2 Å². The zero-order valence-corrected chi connectivity index (χ0v) is 15.2. The fraction of sp³-hybridized carbons (Fsp3) is 0.533. The average Bonchev–Trinajstić information content (AvgIpc) is 2.84. The van der Waals surface area contributed by atoms with Gasteiger partial charge in [0.15, 0.2) is 9.84 Å². The number of nitrogens with one attached hydrogen (secondary N) is 1. The van der Waals surface area contributed by atoms with Gasteiger partial charge in [0.25, 0.3) is 0 Å². The molecular formula is C15H20Cl2N2O3S. The van der Waals surface area contributed by atoms with Crippen molar-refractivity contribution < 1.29 is 13.2 Å². The molecule has 8 heteroatoms. The van der Waals surface area contributed by atoms with Crippen molar-refractivity contribution in [1.82, 2.24) is 4.90 Å². The van der Waals surface area contributed by atoms with Gasteiger partial charge in [0, 0.05) is 25.6 Å². The first kappa shape index (κ1) is 18.4. The lowest BCUT2D eigenvalue weighted by atomic mass is 10.2. The van der Waals surface area contributed by atoms with Crippen LogP contribution in [-0.4, -0.2) is 49.9 Å². The number of halogens is 2. The summed E-state index contributed by atoms with van der Waals surface area (Å²) < 4.78 is 23.1. The molecule has 0 aliphatic carbocycles. The predicted octanol–water partition coefficient (Wildman–Crippen LogP) is 2.83. The molecule has 5 nitrogen and oxygen atoms in total. The molecule has 0 spiro atoms. The van der Waals surface area contributed by atoms with E-state index < -0.39 is 9.84 Å². The summed E-state index contributed by atoms with van der Waals surface area (Å²) >= 11 is 12.0. The van der Waals surface area contributed by atoms with E-state index in [1.807, 2.05) is 6.92 Å². The van der Waals surface area contributed by atoms with E-state index in [4.69, 9.17) is 23.2 Å². The Hall–Kier alpha value is -0.980. The molecule has 1 saturated heterocycles. The van der Waals surface area contributed by atoms with Crippen LogP contribution in [0.2, 0.25) is 10.0 Å². The molecule has 0 aromatic heterocycles. The number of anilines is 1. The fourth-order valence-electron chi connectivity index (χ4n) is 2.75. The van der Waals surface area contributed by atoms with Crippen molar-refractivity contribution in [2.75, 3.05) is 29.9 Å². The number of rotatable bonds is 6. The number of benzene rings is 1. The molecule has 1 N–H and O–H groups in total. The first-order valence-electron chi connectivity index (χ1n) is 7.52. The third kappa shape index (κ3) is 4.75. The lowest BCUT2D eigenvalue weighted by molar-refractivity contribution is -0.132. The monoisotopic (exact) mass is 378 g/mol. The molecule has 1 unspecified atom stereocenters. The van der Waals surface area contributed by atoms with Crippen LogP contribution in [0.1, 0.15) is 19.8 Å². The van der Waals surface area contributed by atoms with Gasteiger partial charge >= 0.3 is 0 Å². The maximum atomic E-state index is 12.3. The van der Waals surface area contributed by atoms with Crippen molar-refractivity contribution in [3.8, 4) is 0 Å². The van der Waals surface area contributed by atoms with E-state index in [2.05, 4.69) is 5.32 Å². The summed E-state index contributed by atoms with van der Waals surface area (Å²) in [7, 11) is -3.00. The molecule has 23 heavy (non-hydrogen) atoms. The van der Waals surface area contributed by atoms with Crippen LogP contribution in [0.15, 0.2) is 18.2 Å². The highest BCUT2D eigenvalue weighted by Crippen LogP contribution is 2.29. The SMILES string of the molecule is CCN(C(=O)CCNc1cccc(Cl)c1Cl)C1CCS(=O)(=O)C1. The van der Waals surface area contributed by atoms with Gasteiger partial charge in [-0.2, -0.15) is 0 Å². The van der Waals surface area contributed by atoms with Crippen LogP contribution in [0, 0.1) is 0 Å². The Kier molecular flexibility index (Phi) is 6.17. The van der Waals surface area contributed by atoms with Gasteiger partial charge in [0.2, 0.25) is 5.91 Å². The molecule has 128 valence electrons. The van der Waals surface area contributed by atoms with E-state index in [9.17, 15) is 13.2 Å². The van der Waals surface area contributed by atoms with Gasteiger partial charge in [-0.05, 0) is 25.5 Å². The van der Waals surface area contributed by atoms with Crippen LogP contribution < -0.4 is 5.32 Å². The first-order chi connectivity index (χ1) is 10.8. The van der Waals surface area contributed by atoms with Crippen LogP contribution in [0.5, 0.6) is 0 Å². The molecule has 1 atom stereocenters. The predicted molar refractivity (Wildman–Crippen MR) is 94.0 cm³/mol. The summed E-state index contributed by atoms with van der Waals surface area (Å²) in [5.74, 6) is 0.179. The van der Waals surface area contributed by atoms with Crippen molar-refractivity contribution >= 4 is 44.6 Å². The molecule has 1 aromatic rings. The normalized spacial score (nSPS) is 19.5. The Labute approximate surface area is 146 Å². The van der Waals surface area contributed by atoms with Crippen LogP contribution in [0.4, 0.5) is 5.69 Å². The Morgan fingerprint density at radius 3 is 2.74 bits per heavy atom. The van der Waals surface area contributed by atoms with Gasteiger partial charge in [-0.1, -0.05) is 29.3 Å². The number of amides is 1. The molecule has 0 bridgehead atoms. The third-order valence-electron chi connectivity index (χ3n) is 3.92. The van der Waals surface area contributed by atoms with Crippen LogP contribution in [0.3, 0.4) is 0 Å². The highest BCUT2D eigenvalue weighted by molar-refractivity contribution is 7.91. The number of carbonyl (C=O) groups excluding carboxylic acids is 1. The molecular weight excluding hydrogens is 359 g/mol. The molecule has 0 radical (unpaired) electrons. The molecule has 2 rings (SSSR count). The molecule has 0 saturated carbocycles. The standard InChI is InChI=1S/C15H20Cl2N2O3S/c1-2-19(11-7-9-23(21,22)10-11)14(20)6-8-18-13-5-3-4-12(16)15(13)17/h3-5,11,18H,2,6-10H2,1H3. The average molecular weight is 379 g/mol. The summed E-state index contributed by atoms with van der Waals surface area (Å²) in [6, 6.07) is 5.06. The number of hydrogen-bond donors (Lipinski definition) is 1. The molecule has 1 aromatic carbocycles. The summed E-state index contributed by atoms with van der Waals surface area (Å²) in [5.41, 5.74) is 0.679. The summed E-state index contributed by atoms with van der Waals surface area (Å²) in [4.78, 5) is 14.0. The van der Waals surface area contributed by atoms with Crippen molar-refractivity contribution in [2.45, 2.75) is 25.8 Å². The van der Waals surface area contributed by atoms with Crippen molar-refractivity contribution in [3.63, 3.8) is 0 Å². The van der Waals surface area contributed by atoms with Crippen LogP contribution >= 0.6 is 23.2 Å². The van der Waals surface area contributed by atoms with E-state index in [1.54, 1.807) is 23.1 Å². The van der Waals surface area contributed by atoms with E-state index in [1.165, 1.54) is 0 Å². The Morgan fingerprint density at radius 1 is 1.39 bits per heavy atom. The Bertz CT molecular complexity index is 679. The minimum Gasteiger partial charge on any atom is -0.383 e. The molecule has 1 amide bonds. The number of hydrogen-bond acceptors (Lipinski definition) is 4. The molecule has 1 aliphatic rings. The van der Waals surface area contributed by atoms with Crippen molar-refractivity contribution in [2.24, 2.45) is 0 Å². The maximum absolute atomic E-state index is 12.3. The van der Waals surface area contributed by atoms with E-state index >= 15 is 0 Å². The van der Waals surface area contributed by atoms with Crippen LogP contribution in [0.25, 0.3) is 0 Å². The Morgan fingerprint density at radius 2 is 2.13 bits per heavy atom. The quantitative estimate of drug-likeness (QED) is 0.826. The number of carbonyl (C=O) groups is 1. The smallest absolute Gasteiger partial charge is 0.224 e. The lowest BCUT2D eigenvalue weighted by Gasteiger charge is -2.27. The van der Waals surface area contributed by atoms with E-state index in [0.29, 0.717) is 35.2 Å². The second kappa shape index (κ2) is 7.73. The zero-order chi connectivity index (χ0) is 17.0. The van der Waals surface area contributed by atoms with Crippen molar-refractivity contribution in [3.05, 3.63) is 28.2 Å². The maximum Gasteiger partial charge on any atom is 0.224 e. The van der Waals surface area contributed by atoms with Gasteiger partial charge in [-0.25, -0.2) is 8.42 Å². The van der Waals surface area contributed by atoms with E-state index in [-0.39, 0.29) is 29.9 Å². The third-order valence-corrected chi connectivity index (χ3v) is 6.49. The minimum atomic E-state index is -3.00. The molecule has 1 aliphatic heterocycles. The highest BCUT2D eigenvalue weighted by Gasteiger charge is 2.33. The zero-order valence-electron chi connectivity index (χ0n) is 12.9. The summed E-state index contributed by atoms with van der Waals surface area (Å²) in [5, 5.41) is 3.97. The van der Waals surface area contributed by atoms with E-state index in [0.717, 1.165) is 0 Å². The summed E-state index contributed by atoms with van der Waals surface area (Å²) in [6.07, 6.45) is 0.794. The number of nitrogens with zero attached hydrogens (tertiary/aromatic N) is 1. The summed E-state index contributed by atoms with van der Waals surface area (Å²) in [6.45, 7) is 2.79. The largest absolute Gasteiger partial charge is 0.383 e. The minimum absolute atomic E-state index is 0.0553. The second-order valence-corrected chi connectivity index (χ2v) is 8.53. The molecule has 1 fully saturated rings. The van der Waals surface area contributed by atoms with Gasteiger partial charge in [0.1, 0.15) is 0 Å². The van der Waals surface area contributed by atoms with Crippen LogP contribution in [-0.2, 0) is 14.6 Å².